The van der Waals surface area contributed by atoms with Crippen LogP contribution in [0.25, 0.3) is 0 Å². The first-order valence-corrected chi connectivity index (χ1v) is 14.6. The summed E-state index contributed by atoms with van der Waals surface area (Å²) in [5.41, 5.74) is 4.76. The lowest BCUT2D eigenvalue weighted by Crippen LogP contribution is -2.49. The second-order valence-corrected chi connectivity index (χ2v) is 13.5. The zero-order chi connectivity index (χ0) is 23.1. The molecule has 0 aromatic carbocycles. The van der Waals surface area contributed by atoms with Crippen molar-refractivity contribution in [3.05, 3.63) is 11.1 Å². The average molecular weight is 443 g/mol. The molecule has 8 atom stereocenters. The molecule has 0 saturated heterocycles. The van der Waals surface area contributed by atoms with Crippen molar-refractivity contribution in [1.29, 1.82) is 0 Å². The Morgan fingerprint density at radius 1 is 0.938 bits per heavy atom. The van der Waals surface area contributed by atoms with Crippen LogP contribution in [0.2, 0.25) is 0 Å². The second kappa shape index (κ2) is 9.75. The van der Waals surface area contributed by atoms with Gasteiger partial charge in [-0.1, -0.05) is 84.8 Å². The van der Waals surface area contributed by atoms with Crippen LogP contribution in [0.1, 0.15) is 131 Å². The number of unbranched alkanes of at least 4 members (excludes halogenated alkanes) is 1. The number of fused-ring (bicyclic) bond motifs is 4. The fraction of sp³-hybridized carbons (Fsp3) is 0.935. The van der Waals surface area contributed by atoms with Crippen molar-refractivity contribution >= 4 is 0 Å². The minimum atomic E-state index is -0.0434. The molecule has 4 aliphatic carbocycles. The smallest absolute Gasteiger partial charge is 0.0571 e. The molecule has 2 saturated carbocycles. The van der Waals surface area contributed by atoms with E-state index in [1.54, 1.807) is 0 Å². The first-order valence-electron chi connectivity index (χ1n) is 14.6. The summed E-state index contributed by atoms with van der Waals surface area (Å²) in [6, 6.07) is 0. The maximum atomic E-state index is 10.9. The van der Waals surface area contributed by atoms with Crippen LogP contribution in [0.4, 0.5) is 0 Å². The maximum Gasteiger partial charge on any atom is 0.0571 e. The molecular weight excluding hydrogens is 388 g/mol. The SMILES string of the molecule is CCCCC1C(O)CC[C@]2(C)C3=C(CCC12)[C@@H]1CC[C@H]([C@H](C)CCCC(C)C)[C@@]1(C)CC3. The molecule has 0 aromatic rings. The summed E-state index contributed by atoms with van der Waals surface area (Å²) in [4.78, 5) is 0. The number of aliphatic hydroxyl groups is 1. The largest absolute Gasteiger partial charge is 0.393 e. The monoisotopic (exact) mass is 442 g/mol. The van der Waals surface area contributed by atoms with Crippen LogP contribution in [0, 0.1) is 46.3 Å². The lowest BCUT2D eigenvalue weighted by atomic mass is 9.48. The average Bonchev–Trinajstić information content (AvgIpc) is 3.10. The molecule has 1 heteroatoms. The van der Waals surface area contributed by atoms with Crippen molar-refractivity contribution in [1.82, 2.24) is 0 Å². The maximum absolute atomic E-state index is 10.9. The van der Waals surface area contributed by atoms with Crippen molar-refractivity contribution < 1.29 is 5.11 Å². The zero-order valence-electron chi connectivity index (χ0n) is 22.4. The molecular formula is C31H54O. The van der Waals surface area contributed by atoms with Crippen molar-refractivity contribution in [2.75, 3.05) is 0 Å². The minimum absolute atomic E-state index is 0.0434. The molecule has 0 amide bonds. The van der Waals surface area contributed by atoms with Gasteiger partial charge in [-0.2, -0.15) is 0 Å². The summed E-state index contributed by atoms with van der Waals surface area (Å²) >= 11 is 0. The number of allylic oxidation sites excluding steroid dienone is 2. The Morgan fingerprint density at radius 2 is 1.72 bits per heavy atom. The van der Waals surface area contributed by atoms with Gasteiger partial charge in [-0.05, 0) is 104 Å². The second-order valence-electron chi connectivity index (χ2n) is 13.5. The van der Waals surface area contributed by atoms with E-state index >= 15 is 0 Å². The third-order valence-electron chi connectivity index (χ3n) is 11.4. The van der Waals surface area contributed by atoms with E-state index in [0.717, 1.165) is 36.0 Å². The molecule has 32 heavy (non-hydrogen) atoms. The number of hydrogen-bond acceptors (Lipinski definition) is 1. The predicted molar refractivity (Wildman–Crippen MR) is 138 cm³/mol. The molecule has 0 aliphatic heterocycles. The van der Waals surface area contributed by atoms with Crippen molar-refractivity contribution in [3.63, 3.8) is 0 Å². The topological polar surface area (TPSA) is 20.2 Å². The Kier molecular flexibility index (Phi) is 7.56. The van der Waals surface area contributed by atoms with Gasteiger partial charge in [-0.15, -0.1) is 0 Å². The molecule has 1 nitrogen and oxygen atoms in total. The molecule has 4 rings (SSSR count). The van der Waals surface area contributed by atoms with Gasteiger partial charge in [0.1, 0.15) is 0 Å². The van der Waals surface area contributed by atoms with Crippen molar-refractivity contribution in [2.45, 2.75) is 138 Å². The van der Waals surface area contributed by atoms with Crippen LogP contribution < -0.4 is 0 Å². The molecule has 0 radical (unpaired) electrons. The number of rotatable bonds is 8. The molecule has 4 aliphatic rings. The normalized spacial score (nSPS) is 42.6. The van der Waals surface area contributed by atoms with Crippen LogP contribution in [0.5, 0.6) is 0 Å². The standard InChI is InChI=1S/C31H54O/c1-7-8-12-24-27-14-13-23-26-16-15-25(22(4)11-9-10-21(2)3)30(26,5)19-17-28(23)31(27,6)20-18-29(24)32/h21-22,24-27,29,32H,7-20H2,1-6H3/t22-,24?,25-,26+,27?,29?,30-,31+/m1/s1. The van der Waals surface area contributed by atoms with Gasteiger partial charge in [0.15, 0.2) is 0 Å². The molecule has 0 aromatic heterocycles. The summed E-state index contributed by atoms with van der Waals surface area (Å²) < 4.78 is 0. The van der Waals surface area contributed by atoms with E-state index in [2.05, 4.69) is 41.5 Å². The van der Waals surface area contributed by atoms with E-state index in [-0.39, 0.29) is 6.10 Å². The van der Waals surface area contributed by atoms with Crippen LogP contribution in [-0.4, -0.2) is 11.2 Å². The Bertz CT molecular complexity index is 676. The predicted octanol–water partition coefficient (Wildman–Crippen LogP) is 8.95. The highest BCUT2D eigenvalue weighted by Gasteiger charge is 2.57. The first kappa shape index (κ1) is 24.8. The molecule has 184 valence electrons. The molecule has 0 heterocycles. The van der Waals surface area contributed by atoms with E-state index in [1.165, 1.54) is 83.5 Å². The summed E-state index contributed by atoms with van der Waals surface area (Å²) in [6.07, 6.45) is 18.7. The van der Waals surface area contributed by atoms with Gasteiger partial charge in [0.2, 0.25) is 0 Å². The van der Waals surface area contributed by atoms with E-state index in [9.17, 15) is 5.11 Å². The fourth-order valence-corrected chi connectivity index (χ4v) is 9.56. The summed E-state index contributed by atoms with van der Waals surface area (Å²) in [5.74, 6) is 4.82. The highest BCUT2D eigenvalue weighted by atomic mass is 16.3. The molecule has 2 fully saturated rings. The van der Waals surface area contributed by atoms with Gasteiger partial charge in [-0.25, -0.2) is 0 Å². The van der Waals surface area contributed by atoms with Crippen LogP contribution >= 0.6 is 0 Å². The van der Waals surface area contributed by atoms with E-state index in [1.807, 2.05) is 11.1 Å². The van der Waals surface area contributed by atoms with Crippen molar-refractivity contribution in [3.8, 4) is 0 Å². The van der Waals surface area contributed by atoms with Gasteiger partial charge in [-0.3, -0.25) is 0 Å². The lowest BCUT2D eigenvalue weighted by molar-refractivity contribution is -0.0456. The Balaban J connectivity index is 1.53. The van der Waals surface area contributed by atoms with Gasteiger partial charge in [0.05, 0.1) is 6.10 Å². The molecule has 0 bridgehead atoms. The van der Waals surface area contributed by atoms with Crippen LogP contribution in [0.15, 0.2) is 11.1 Å². The summed E-state index contributed by atoms with van der Waals surface area (Å²) in [7, 11) is 0. The Morgan fingerprint density at radius 3 is 2.44 bits per heavy atom. The summed E-state index contributed by atoms with van der Waals surface area (Å²) in [5, 5.41) is 10.9. The summed E-state index contributed by atoms with van der Waals surface area (Å²) in [6.45, 7) is 15.0. The van der Waals surface area contributed by atoms with Gasteiger partial charge in [0, 0.05) is 0 Å². The fourth-order valence-electron chi connectivity index (χ4n) is 9.56. The molecule has 3 unspecified atom stereocenters. The third kappa shape index (κ3) is 4.27. The van der Waals surface area contributed by atoms with E-state index in [4.69, 9.17) is 0 Å². The van der Waals surface area contributed by atoms with Crippen molar-refractivity contribution in [2.24, 2.45) is 46.3 Å². The van der Waals surface area contributed by atoms with Crippen LogP contribution in [0.3, 0.4) is 0 Å². The minimum Gasteiger partial charge on any atom is -0.393 e. The van der Waals surface area contributed by atoms with Gasteiger partial charge < -0.3 is 5.11 Å². The lowest BCUT2D eigenvalue weighted by Gasteiger charge is -2.57. The third-order valence-corrected chi connectivity index (χ3v) is 11.4. The highest BCUT2D eigenvalue weighted by Crippen LogP contribution is 2.66. The molecule has 0 spiro atoms. The van der Waals surface area contributed by atoms with E-state index in [0.29, 0.717) is 16.7 Å². The number of aliphatic hydroxyl groups excluding tert-OH is 1. The Labute approximate surface area is 200 Å². The molecule has 1 N–H and O–H groups in total. The highest BCUT2D eigenvalue weighted by molar-refractivity contribution is 5.34. The first-order chi connectivity index (χ1) is 15.2. The van der Waals surface area contributed by atoms with Crippen LogP contribution in [-0.2, 0) is 0 Å². The zero-order valence-corrected chi connectivity index (χ0v) is 22.4. The van der Waals surface area contributed by atoms with Gasteiger partial charge >= 0.3 is 0 Å². The Hall–Kier alpha value is -0.300. The number of hydrogen-bond donors (Lipinski definition) is 1. The quantitative estimate of drug-likeness (QED) is 0.372. The van der Waals surface area contributed by atoms with E-state index < -0.39 is 0 Å². The van der Waals surface area contributed by atoms with Gasteiger partial charge in [0.25, 0.3) is 0 Å².